The first-order valence-corrected chi connectivity index (χ1v) is 14.1. The van der Waals surface area contributed by atoms with Gasteiger partial charge in [-0.25, -0.2) is 23.1 Å². The summed E-state index contributed by atoms with van der Waals surface area (Å²) in [6, 6.07) is 8.26. The lowest BCUT2D eigenvalue weighted by Crippen LogP contribution is -3.00. The highest BCUT2D eigenvalue weighted by molar-refractivity contribution is 5.94. The van der Waals surface area contributed by atoms with Crippen molar-refractivity contribution in [3.8, 4) is 5.69 Å². The first-order chi connectivity index (χ1) is 22.0. The van der Waals surface area contributed by atoms with E-state index in [1.54, 1.807) is 31.2 Å². The molecule has 2 N–H and O–H groups in total. The molecule has 2 amide bonds. The maximum atomic E-state index is 15.2. The van der Waals surface area contributed by atoms with Gasteiger partial charge in [0.25, 0.3) is 6.33 Å². The van der Waals surface area contributed by atoms with Crippen molar-refractivity contribution in [1.82, 2.24) is 34.8 Å². The van der Waals surface area contributed by atoms with Crippen LogP contribution < -0.4 is 22.0 Å². The fourth-order valence-electron chi connectivity index (χ4n) is 5.07. The molecular formula is C28H30ClF2N9O7. The van der Waals surface area contributed by atoms with Crippen molar-refractivity contribution in [2.24, 2.45) is 0 Å². The molecule has 2 aromatic carbocycles. The Morgan fingerprint density at radius 1 is 1.09 bits per heavy atom. The van der Waals surface area contributed by atoms with Crippen LogP contribution in [0.25, 0.3) is 5.69 Å². The molecule has 2 atom stereocenters. The maximum Gasteiger partial charge on any atom is 0.511 e. The summed E-state index contributed by atoms with van der Waals surface area (Å²) in [5.41, 5.74) is -1.08. The molecule has 0 saturated carbocycles. The fraction of sp³-hybridized carbons (Fsp3) is 0.357. The molecule has 250 valence electrons. The molecule has 0 bridgehead atoms. The Balaban J connectivity index is 0.00000500. The number of tetrazole rings is 1. The van der Waals surface area contributed by atoms with Crippen LogP contribution in [-0.4, -0.2) is 88.9 Å². The van der Waals surface area contributed by atoms with E-state index < -0.39 is 41.4 Å². The van der Waals surface area contributed by atoms with Crippen molar-refractivity contribution in [3.63, 3.8) is 0 Å². The largest absolute Gasteiger partial charge is 1.00 e. The van der Waals surface area contributed by atoms with E-state index in [9.17, 15) is 23.9 Å². The summed E-state index contributed by atoms with van der Waals surface area (Å²) in [6.45, 7) is 1.20. The van der Waals surface area contributed by atoms with Gasteiger partial charge in [0.05, 0.1) is 18.3 Å². The lowest BCUT2D eigenvalue weighted by Gasteiger charge is -2.38. The third-order valence-corrected chi connectivity index (χ3v) is 7.49. The number of halogens is 3. The number of carboxylic acid groups (broad SMARTS) is 1. The topological polar surface area (TPSA) is 182 Å². The Bertz CT molecular complexity index is 1690. The first-order valence-electron chi connectivity index (χ1n) is 14.1. The zero-order chi connectivity index (χ0) is 32.8. The number of aromatic nitrogens is 7. The van der Waals surface area contributed by atoms with Crippen LogP contribution >= 0.6 is 0 Å². The first kappa shape index (κ1) is 34.6. The van der Waals surface area contributed by atoms with Gasteiger partial charge in [-0.15, -0.1) is 9.78 Å². The van der Waals surface area contributed by atoms with Gasteiger partial charge in [0, 0.05) is 36.8 Å². The minimum Gasteiger partial charge on any atom is -1.00 e. The number of benzene rings is 2. The predicted octanol–water partition coefficient (Wildman–Crippen LogP) is -1.38. The molecule has 0 radical (unpaired) electrons. The SMILES string of the molecule is C[C@@H](N1CCN(c2ccc(-n3cnnn3)cc2)C1=O)[C@](O)(C[n+]1cn(COC(=O)OCCCC(=O)O)cn1)c1ccc(F)cc1F.[Cl-]. The molecule has 47 heavy (non-hydrogen) atoms. The molecule has 1 fully saturated rings. The Kier molecular flexibility index (Phi) is 11.0. The summed E-state index contributed by atoms with van der Waals surface area (Å²) in [5, 5.41) is 36.0. The van der Waals surface area contributed by atoms with Gasteiger partial charge in [0.1, 0.15) is 24.5 Å². The van der Waals surface area contributed by atoms with Crippen LogP contribution in [0.15, 0.2) is 61.4 Å². The van der Waals surface area contributed by atoms with Crippen molar-refractivity contribution < 1.29 is 59.9 Å². The summed E-state index contributed by atoms with van der Waals surface area (Å²) in [6.07, 6.45) is 3.03. The summed E-state index contributed by atoms with van der Waals surface area (Å²) >= 11 is 0. The summed E-state index contributed by atoms with van der Waals surface area (Å²) in [5.74, 6) is -2.87. The van der Waals surface area contributed by atoms with Gasteiger partial charge in [0.2, 0.25) is 13.1 Å². The average molecular weight is 678 g/mol. The third kappa shape index (κ3) is 7.95. The van der Waals surface area contributed by atoms with Gasteiger partial charge in [-0.05, 0) is 59.2 Å². The second-order valence-corrected chi connectivity index (χ2v) is 10.5. The van der Waals surface area contributed by atoms with Crippen LogP contribution in [0.1, 0.15) is 25.3 Å². The van der Waals surface area contributed by atoms with E-state index in [0.29, 0.717) is 17.4 Å². The van der Waals surface area contributed by atoms with Crippen LogP contribution in [0.4, 0.5) is 24.1 Å². The molecular weight excluding hydrogens is 648 g/mol. The van der Waals surface area contributed by atoms with Gasteiger partial charge >= 0.3 is 18.2 Å². The molecule has 3 heterocycles. The summed E-state index contributed by atoms with van der Waals surface area (Å²) < 4.78 is 42.9. The predicted molar refractivity (Wildman–Crippen MR) is 150 cm³/mol. The molecule has 16 nitrogen and oxygen atoms in total. The molecule has 0 spiro atoms. The smallest absolute Gasteiger partial charge is 0.511 e. The normalized spacial score (nSPS) is 14.8. The number of amides is 2. The van der Waals surface area contributed by atoms with Gasteiger partial charge in [-0.1, -0.05) is 6.07 Å². The van der Waals surface area contributed by atoms with Crippen molar-refractivity contribution in [2.45, 2.75) is 44.7 Å². The molecule has 5 rings (SSSR count). The number of rotatable bonds is 13. The van der Waals surface area contributed by atoms with Crippen molar-refractivity contribution >= 4 is 23.8 Å². The van der Waals surface area contributed by atoms with Crippen LogP contribution in [0.5, 0.6) is 0 Å². The molecule has 0 unspecified atom stereocenters. The zero-order valence-corrected chi connectivity index (χ0v) is 25.7. The summed E-state index contributed by atoms with van der Waals surface area (Å²) in [4.78, 5) is 38.9. The number of ether oxygens (including phenoxy) is 2. The maximum absolute atomic E-state index is 15.2. The standard InChI is InChI=1S/C28H29F2N9O7.ClH/c1-19(37-10-11-38(26(37)42)21-5-7-22(8-6-21)39-15-31-33-34-39)28(44,23-9-4-20(29)13-24(23)30)14-36-17-35(16-32-36)18-46-27(43)45-12-2-3-25(40)41;/h4-9,13,15-17,19,44H,2-3,10-12,14,18H2,1H3;1H/t19-,28-;/m1./s1. The Morgan fingerprint density at radius 2 is 1.83 bits per heavy atom. The number of hydrogen-bond donors (Lipinski definition) is 2. The van der Waals surface area contributed by atoms with Crippen molar-refractivity contribution in [3.05, 3.63) is 78.6 Å². The van der Waals surface area contributed by atoms with Gasteiger partial charge in [-0.2, -0.15) is 4.57 Å². The van der Waals surface area contributed by atoms with E-state index in [2.05, 4.69) is 20.6 Å². The molecule has 1 saturated heterocycles. The number of urea groups is 1. The van der Waals surface area contributed by atoms with Crippen LogP contribution in [0, 0.1) is 11.6 Å². The second-order valence-electron chi connectivity index (χ2n) is 10.5. The Morgan fingerprint density at radius 3 is 2.51 bits per heavy atom. The molecule has 1 aliphatic rings. The quantitative estimate of drug-likeness (QED) is 0.0967. The van der Waals surface area contributed by atoms with E-state index in [1.807, 2.05) is 0 Å². The van der Waals surface area contributed by atoms with Gasteiger partial charge < -0.3 is 37.0 Å². The lowest BCUT2D eigenvalue weighted by molar-refractivity contribution is -0.765. The van der Waals surface area contributed by atoms with Crippen LogP contribution in [0.3, 0.4) is 0 Å². The highest BCUT2D eigenvalue weighted by Crippen LogP contribution is 2.34. The van der Waals surface area contributed by atoms with Gasteiger partial charge in [-0.3, -0.25) is 9.69 Å². The van der Waals surface area contributed by atoms with Crippen molar-refractivity contribution in [1.29, 1.82) is 0 Å². The van der Waals surface area contributed by atoms with E-state index in [-0.39, 0.29) is 63.8 Å². The fourth-order valence-corrected chi connectivity index (χ4v) is 5.07. The van der Waals surface area contributed by atoms with E-state index in [1.165, 1.54) is 42.7 Å². The monoisotopic (exact) mass is 677 g/mol. The molecule has 1 aliphatic heterocycles. The second kappa shape index (κ2) is 14.9. The molecule has 0 aliphatic carbocycles. The molecule has 2 aromatic heterocycles. The molecule has 4 aromatic rings. The number of carboxylic acids is 1. The van der Waals surface area contributed by atoms with Crippen molar-refractivity contribution in [2.75, 3.05) is 24.6 Å². The molecule has 19 heteroatoms. The highest BCUT2D eigenvalue weighted by atomic mass is 35.5. The zero-order valence-electron chi connectivity index (χ0n) is 24.9. The third-order valence-electron chi connectivity index (χ3n) is 7.49. The Labute approximate surface area is 272 Å². The minimum absolute atomic E-state index is 0. The van der Waals surface area contributed by atoms with E-state index in [0.717, 1.165) is 12.1 Å². The van der Waals surface area contributed by atoms with E-state index >= 15 is 4.39 Å². The number of hydrogen-bond acceptors (Lipinski definition) is 10. The number of nitrogens with zero attached hydrogens (tertiary/aromatic N) is 9. The lowest BCUT2D eigenvalue weighted by atomic mass is 9.85. The summed E-state index contributed by atoms with van der Waals surface area (Å²) in [7, 11) is 0. The van der Waals surface area contributed by atoms with Crippen LogP contribution in [0.2, 0.25) is 0 Å². The van der Waals surface area contributed by atoms with Gasteiger partial charge in [0.15, 0.2) is 5.60 Å². The van der Waals surface area contributed by atoms with E-state index in [4.69, 9.17) is 14.6 Å². The number of carbonyl (C=O) groups excluding carboxylic acids is 2. The number of carbonyl (C=O) groups is 3. The average Bonchev–Trinajstić information content (AvgIpc) is 3.80. The van der Waals surface area contributed by atoms with Crippen LogP contribution in [-0.2, 0) is 33.1 Å². The highest BCUT2D eigenvalue weighted by Gasteiger charge is 2.48. The number of aliphatic carboxylic acids is 1. The number of aliphatic hydroxyl groups is 1. The number of anilines is 1. The Hall–Kier alpha value is -5.23. The minimum atomic E-state index is -2.10.